The van der Waals surface area contributed by atoms with Crippen LogP contribution in [0.5, 0.6) is 0 Å². The van der Waals surface area contributed by atoms with Crippen LogP contribution in [-0.4, -0.2) is 54.4 Å². The molecule has 1 heterocycles. The number of piperazine rings is 1. The lowest BCUT2D eigenvalue weighted by molar-refractivity contribution is -0.384. The number of nitro groups is 1. The van der Waals surface area contributed by atoms with Crippen molar-refractivity contribution in [1.82, 2.24) is 10.2 Å². The molecule has 1 aliphatic heterocycles. The van der Waals surface area contributed by atoms with Gasteiger partial charge in [0.25, 0.3) is 11.6 Å². The van der Waals surface area contributed by atoms with Crippen molar-refractivity contribution < 1.29 is 18.9 Å². The van der Waals surface area contributed by atoms with E-state index in [2.05, 4.69) is 5.32 Å². The monoisotopic (exact) mass is 386 g/mol. The predicted octanol–water partition coefficient (Wildman–Crippen LogP) is 1.81. The Morgan fingerprint density at radius 1 is 1.04 bits per heavy atom. The number of anilines is 1. The first-order valence-corrected chi connectivity index (χ1v) is 8.75. The van der Waals surface area contributed by atoms with Gasteiger partial charge in [-0.25, -0.2) is 4.39 Å². The van der Waals surface area contributed by atoms with Crippen molar-refractivity contribution in [3.8, 4) is 0 Å². The van der Waals surface area contributed by atoms with E-state index in [1.807, 2.05) is 4.90 Å². The lowest BCUT2D eigenvalue weighted by Gasteiger charge is -2.36. The van der Waals surface area contributed by atoms with Gasteiger partial charge in [-0.3, -0.25) is 19.7 Å². The topological polar surface area (TPSA) is 95.8 Å². The zero-order valence-corrected chi connectivity index (χ0v) is 15.0. The van der Waals surface area contributed by atoms with Crippen LogP contribution in [0, 0.1) is 15.9 Å². The highest BCUT2D eigenvalue weighted by atomic mass is 19.1. The van der Waals surface area contributed by atoms with Gasteiger partial charge in [0.15, 0.2) is 0 Å². The number of hydrogen-bond acceptors (Lipinski definition) is 5. The molecule has 1 N–H and O–H groups in total. The van der Waals surface area contributed by atoms with Gasteiger partial charge < -0.3 is 15.1 Å². The molecule has 1 saturated heterocycles. The van der Waals surface area contributed by atoms with Crippen LogP contribution in [0.3, 0.4) is 0 Å². The largest absolute Gasteiger partial charge is 0.368 e. The Kier molecular flexibility index (Phi) is 5.83. The molecule has 9 heteroatoms. The highest BCUT2D eigenvalue weighted by molar-refractivity contribution is 5.96. The molecule has 1 fully saturated rings. The van der Waals surface area contributed by atoms with Crippen molar-refractivity contribution in [2.75, 3.05) is 37.6 Å². The molecule has 0 aliphatic carbocycles. The van der Waals surface area contributed by atoms with Crippen LogP contribution in [0.25, 0.3) is 0 Å². The number of carbonyl (C=O) groups is 2. The van der Waals surface area contributed by atoms with Gasteiger partial charge in [0.1, 0.15) is 5.82 Å². The maximum atomic E-state index is 13.6. The molecular weight excluding hydrogens is 367 g/mol. The quantitative estimate of drug-likeness (QED) is 0.625. The molecule has 2 aromatic rings. The molecule has 0 atom stereocenters. The lowest BCUT2D eigenvalue weighted by atomic mass is 10.2. The van der Waals surface area contributed by atoms with E-state index in [0.717, 1.165) is 5.69 Å². The number of halogens is 1. The van der Waals surface area contributed by atoms with Crippen LogP contribution >= 0.6 is 0 Å². The Morgan fingerprint density at radius 3 is 2.29 bits per heavy atom. The van der Waals surface area contributed by atoms with E-state index in [4.69, 9.17) is 0 Å². The molecular formula is C19H19FN4O4. The van der Waals surface area contributed by atoms with Crippen LogP contribution in [0.1, 0.15) is 10.4 Å². The second-order valence-electron chi connectivity index (χ2n) is 6.30. The predicted molar refractivity (Wildman–Crippen MR) is 101 cm³/mol. The van der Waals surface area contributed by atoms with Gasteiger partial charge in [-0.2, -0.15) is 0 Å². The molecule has 8 nitrogen and oxygen atoms in total. The molecule has 0 spiro atoms. The van der Waals surface area contributed by atoms with Crippen LogP contribution in [0.2, 0.25) is 0 Å². The van der Waals surface area contributed by atoms with E-state index in [1.54, 1.807) is 23.1 Å². The number of nitrogens with one attached hydrogen (secondary N) is 1. The minimum atomic E-state index is -0.635. The van der Waals surface area contributed by atoms with E-state index in [9.17, 15) is 24.1 Å². The summed E-state index contributed by atoms with van der Waals surface area (Å²) in [6, 6.07) is 11.9. The summed E-state index contributed by atoms with van der Waals surface area (Å²) in [5, 5.41) is 13.2. The molecule has 1 aliphatic rings. The second kappa shape index (κ2) is 8.47. The summed E-state index contributed by atoms with van der Waals surface area (Å²) < 4.78 is 13.6. The molecule has 0 saturated carbocycles. The zero-order valence-electron chi connectivity index (χ0n) is 15.0. The fraction of sp³-hybridized carbons (Fsp3) is 0.263. The molecule has 2 aromatic carbocycles. The van der Waals surface area contributed by atoms with Gasteiger partial charge in [0.2, 0.25) is 5.91 Å². The van der Waals surface area contributed by atoms with Gasteiger partial charge in [-0.15, -0.1) is 0 Å². The van der Waals surface area contributed by atoms with E-state index >= 15 is 0 Å². The van der Waals surface area contributed by atoms with Crippen LogP contribution in [-0.2, 0) is 4.79 Å². The van der Waals surface area contributed by atoms with Gasteiger partial charge in [-0.05, 0) is 24.3 Å². The minimum absolute atomic E-state index is 0.0307. The number of amides is 2. The van der Waals surface area contributed by atoms with Crippen molar-refractivity contribution in [2.45, 2.75) is 0 Å². The highest BCUT2D eigenvalue weighted by Crippen LogP contribution is 2.20. The Bertz CT molecular complexity index is 880. The second-order valence-corrected chi connectivity index (χ2v) is 6.30. The van der Waals surface area contributed by atoms with Crippen LogP contribution in [0.15, 0.2) is 48.5 Å². The van der Waals surface area contributed by atoms with Crippen LogP contribution in [0.4, 0.5) is 15.8 Å². The maximum Gasteiger partial charge on any atom is 0.269 e. The smallest absolute Gasteiger partial charge is 0.269 e. The highest BCUT2D eigenvalue weighted by Gasteiger charge is 2.22. The van der Waals surface area contributed by atoms with Crippen molar-refractivity contribution in [1.29, 1.82) is 0 Å². The van der Waals surface area contributed by atoms with E-state index < -0.39 is 16.6 Å². The van der Waals surface area contributed by atoms with Crippen LogP contribution < -0.4 is 10.2 Å². The Hall–Kier alpha value is -3.49. The van der Waals surface area contributed by atoms with Crippen molar-refractivity contribution in [3.63, 3.8) is 0 Å². The van der Waals surface area contributed by atoms with E-state index in [1.165, 1.54) is 30.3 Å². The number of hydrogen-bond donors (Lipinski definition) is 1. The molecule has 2 amide bonds. The minimum Gasteiger partial charge on any atom is -0.368 e. The first-order valence-electron chi connectivity index (χ1n) is 8.75. The Labute approximate surface area is 160 Å². The number of non-ortho nitro benzene ring substituents is 1. The van der Waals surface area contributed by atoms with E-state index in [0.29, 0.717) is 26.2 Å². The van der Waals surface area contributed by atoms with Crippen molar-refractivity contribution >= 4 is 23.2 Å². The molecule has 0 bridgehead atoms. The van der Waals surface area contributed by atoms with Gasteiger partial charge >= 0.3 is 0 Å². The summed E-state index contributed by atoms with van der Waals surface area (Å²) in [5.74, 6) is -1.51. The number of carbonyl (C=O) groups excluding carboxylic acids is 2. The molecule has 0 unspecified atom stereocenters. The summed E-state index contributed by atoms with van der Waals surface area (Å²) in [4.78, 5) is 38.2. The average Bonchev–Trinajstić information content (AvgIpc) is 2.72. The molecule has 0 aromatic heterocycles. The summed E-state index contributed by atoms with van der Waals surface area (Å²) in [6.07, 6.45) is 0. The molecule has 0 radical (unpaired) electrons. The third kappa shape index (κ3) is 4.43. The fourth-order valence-electron chi connectivity index (χ4n) is 3.01. The zero-order chi connectivity index (χ0) is 20.1. The van der Waals surface area contributed by atoms with Gasteiger partial charge in [0.05, 0.1) is 17.0 Å². The Balaban J connectivity index is 1.49. The van der Waals surface area contributed by atoms with Gasteiger partial charge in [-0.1, -0.05) is 12.1 Å². The number of nitrogens with zero attached hydrogens (tertiary/aromatic N) is 3. The normalized spacial score (nSPS) is 13.9. The number of nitro benzene ring substituents is 1. The number of benzene rings is 2. The van der Waals surface area contributed by atoms with Crippen molar-refractivity contribution in [3.05, 3.63) is 70.0 Å². The summed E-state index contributed by atoms with van der Waals surface area (Å²) in [7, 11) is 0. The molecule has 28 heavy (non-hydrogen) atoms. The molecule has 146 valence electrons. The lowest BCUT2D eigenvalue weighted by Crippen LogP contribution is -2.51. The first kappa shape index (κ1) is 19.3. The maximum absolute atomic E-state index is 13.6. The summed E-state index contributed by atoms with van der Waals surface area (Å²) in [6.45, 7) is 1.87. The first-order chi connectivity index (χ1) is 13.5. The SMILES string of the molecule is O=C(NCC(=O)N1CCN(c2ccc([N+](=O)[O-])cc2)CC1)c1ccccc1F. The summed E-state index contributed by atoms with van der Waals surface area (Å²) in [5.41, 5.74) is 0.784. The average molecular weight is 386 g/mol. The fourth-order valence-corrected chi connectivity index (χ4v) is 3.01. The Morgan fingerprint density at radius 2 is 1.68 bits per heavy atom. The van der Waals surface area contributed by atoms with E-state index in [-0.39, 0.29) is 23.7 Å². The standard InChI is InChI=1S/C19H19FN4O4/c20-17-4-2-1-3-16(17)19(26)21-13-18(25)23-11-9-22(10-12-23)14-5-7-15(8-6-14)24(27)28/h1-8H,9-13H2,(H,21,26). The third-order valence-corrected chi connectivity index (χ3v) is 4.58. The molecule has 3 rings (SSSR count). The number of rotatable bonds is 5. The van der Waals surface area contributed by atoms with Gasteiger partial charge in [0, 0.05) is 44.0 Å². The summed E-state index contributed by atoms with van der Waals surface area (Å²) >= 11 is 0. The third-order valence-electron chi connectivity index (χ3n) is 4.58. The van der Waals surface area contributed by atoms with Crippen molar-refractivity contribution in [2.24, 2.45) is 0 Å².